The number of hydrogen-bond donors (Lipinski definition) is 1. The summed E-state index contributed by atoms with van der Waals surface area (Å²) in [6.45, 7) is 2.63. The average Bonchev–Trinajstić information content (AvgIpc) is 2.52. The van der Waals surface area contributed by atoms with Crippen molar-refractivity contribution in [2.45, 2.75) is 13.5 Å². The number of rotatable bonds is 4. The zero-order valence-electron chi connectivity index (χ0n) is 12.6. The summed E-state index contributed by atoms with van der Waals surface area (Å²) < 4.78 is 0. The quantitative estimate of drug-likeness (QED) is 0.847. The van der Waals surface area contributed by atoms with E-state index in [2.05, 4.69) is 5.32 Å². The summed E-state index contributed by atoms with van der Waals surface area (Å²) in [7, 11) is 0. The molecule has 0 unspecified atom stereocenters. The van der Waals surface area contributed by atoms with Gasteiger partial charge in [0.1, 0.15) is 0 Å². The Morgan fingerprint density at radius 2 is 1.65 bits per heavy atom. The molecule has 2 amide bonds. The number of benzene rings is 2. The first kappa shape index (κ1) is 17.3. The van der Waals surface area contributed by atoms with Gasteiger partial charge in [0.15, 0.2) is 0 Å². The van der Waals surface area contributed by atoms with Crippen molar-refractivity contribution in [3.05, 3.63) is 64.1 Å². The van der Waals surface area contributed by atoms with Crippen LogP contribution in [0.3, 0.4) is 0 Å². The highest BCUT2D eigenvalue weighted by molar-refractivity contribution is 6.40. The van der Waals surface area contributed by atoms with Gasteiger partial charge in [-0.05, 0) is 30.7 Å². The number of hydrogen-bond acceptors (Lipinski definition) is 2. The van der Waals surface area contributed by atoms with Crippen LogP contribution in [0, 0.1) is 0 Å². The first-order valence-corrected chi connectivity index (χ1v) is 7.85. The third-order valence-electron chi connectivity index (χ3n) is 3.20. The zero-order valence-corrected chi connectivity index (χ0v) is 14.1. The summed E-state index contributed by atoms with van der Waals surface area (Å²) in [5.41, 5.74) is 1.35. The van der Waals surface area contributed by atoms with Gasteiger partial charge >= 0.3 is 11.8 Å². The number of carbonyl (C=O) groups is 2. The van der Waals surface area contributed by atoms with Crippen LogP contribution in [0.5, 0.6) is 0 Å². The second kappa shape index (κ2) is 7.99. The number of nitrogens with zero attached hydrogens (tertiary/aromatic N) is 1. The molecule has 1 N–H and O–H groups in total. The molecule has 4 nitrogen and oxygen atoms in total. The fourth-order valence-electron chi connectivity index (χ4n) is 2.09. The smallest absolute Gasteiger partial charge is 0.313 e. The van der Waals surface area contributed by atoms with Crippen molar-refractivity contribution >= 4 is 40.7 Å². The lowest BCUT2D eigenvalue weighted by atomic mass is 10.2. The Kier molecular flexibility index (Phi) is 6.02. The third kappa shape index (κ3) is 4.98. The number of halogens is 2. The summed E-state index contributed by atoms with van der Waals surface area (Å²) in [5, 5.41) is 3.30. The molecule has 2 rings (SSSR count). The first-order chi connectivity index (χ1) is 11.0. The fraction of sp³-hybridized carbons (Fsp3) is 0.176. The van der Waals surface area contributed by atoms with Crippen molar-refractivity contribution in [3.8, 4) is 0 Å². The molecule has 0 aliphatic heterocycles. The molecular formula is C17H16Cl2N2O2. The number of nitrogens with one attached hydrogen (secondary N) is 1. The van der Waals surface area contributed by atoms with Crippen LogP contribution in [0.2, 0.25) is 10.0 Å². The summed E-state index contributed by atoms with van der Waals surface area (Å²) in [5.74, 6) is -1.33. The molecule has 0 aliphatic rings. The lowest BCUT2D eigenvalue weighted by Crippen LogP contribution is -2.39. The second-order valence-corrected chi connectivity index (χ2v) is 5.79. The highest BCUT2D eigenvalue weighted by Crippen LogP contribution is 2.22. The Morgan fingerprint density at radius 1 is 1.04 bits per heavy atom. The van der Waals surface area contributed by atoms with Crippen LogP contribution < -0.4 is 5.32 Å². The van der Waals surface area contributed by atoms with Crippen LogP contribution in [-0.4, -0.2) is 23.3 Å². The number of amides is 2. The lowest BCUT2D eigenvalue weighted by molar-refractivity contribution is -0.143. The maximum Gasteiger partial charge on any atom is 0.313 e. The molecule has 2 aromatic rings. The standard InChI is InChI=1S/C17H16Cl2N2O2/c1-2-21(11-12-6-4-3-5-7-12)17(23)16(22)20-15-9-13(18)8-14(19)10-15/h3-10H,2,11H2,1H3,(H,20,22). The Labute approximate surface area is 145 Å². The van der Waals surface area contributed by atoms with E-state index in [1.807, 2.05) is 37.3 Å². The molecule has 2 aromatic carbocycles. The van der Waals surface area contributed by atoms with Gasteiger partial charge in [-0.25, -0.2) is 0 Å². The van der Waals surface area contributed by atoms with Gasteiger partial charge in [0, 0.05) is 28.8 Å². The van der Waals surface area contributed by atoms with E-state index in [-0.39, 0.29) is 0 Å². The maximum absolute atomic E-state index is 12.3. The monoisotopic (exact) mass is 350 g/mol. The zero-order chi connectivity index (χ0) is 16.8. The van der Waals surface area contributed by atoms with E-state index in [1.165, 1.54) is 17.0 Å². The van der Waals surface area contributed by atoms with Crippen molar-refractivity contribution in [3.63, 3.8) is 0 Å². The van der Waals surface area contributed by atoms with Crippen LogP contribution in [0.1, 0.15) is 12.5 Å². The Morgan fingerprint density at radius 3 is 2.22 bits per heavy atom. The molecule has 6 heteroatoms. The summed E-state index contributed by atoms with van der Waals surface area (Å²) in [6.07, 6.45) is 0. The lowest BCUT2D eigenvalue weighted by Gasteiger charge is -2.20. The highest BCUT2D eigenvalue weighted by atomic mass is 35.5. The van der Waals surface area contributed by atoms with Gasteiger partial charge in [0.2, 0.25) is 0 Å². The summed E-state index contributed by atoms with van der Waals surface area (Å²) in [6, 6.07) is 14.1. The topological polar surface area (TPSA) is 49.4 Å². The van der Waals surface area contributed by atoms with Crippen LogP contribution in [0.15, 0.2) is 48.5 Å². The molecule has 0 aliphatic carbocycles. The van der Waals surface area contributed by atoms with Crippen molar-refractivity contribution in [2.24, 2.45) is 0 Å². The Hall–Kier alpha value is -2.04. The predicted molar refractivity (Wildman–Crippen MR) is 92.6 cm³/mol. The summed E-state index contributed by atoms with van der Waals surface area (Å²) >= 11 is 11.8. The van der Waals surface area contributed by atoms with E-state index >= 15 is 0 Å². The van der Waals surface area contributed by atoms with Crippen LogP contribution in [0.4, 0.5) is 5.69 Å². The molecule has 0 fully saturated rings. The highest BCUT2D eigenvalue weighted by Gasteiger charge is 2.21. The van der Waals surface area contributed by atoms with Crippen molar-refractivity contribution < 1.29 is 9.59 Å². The minimum absolute atomic E-state index is 0.375. The molecule has 0 aromatic heterocycles. The number of likely N-dealkylation sites (N-methyl/N-ethyl adjacent to an activating group) is 1. The molecule has 0 bridgehead atoms. The van der Waals surface area contributed by atoms with E-state index < -0.39 is 11.8 Å². The molecular weight excluding hydrogens is 335 g/mol. The molecule has 0 heterocycles. The van der Waals surface area contributed by atoms with Gasteiger partial charge < -0.3 is 10.2 Å². The molecule has 23 heavy (non-hydrogen) atoms. The molecule has 120 valence electrons. The number of anilines is 1. The van der Waals surface area contributed by atoms with E-state index in [1.54, 1.807) is 6.07 Å². The van der Waals surface area contributed by atoms with E-state index in [9.17, 15) is 9.59 Å². The predicted octanol–water partition coefficient (Wildman–Crippen LogP) is 3.98. The van der Waals surface area contributed by atoms with Crippen molar-refractivity contribution in [1.82, 2.24) is 4.90 Å². The summed E-state index contributed by atoms with van der Waals surface area (Å²) in [4.78, 5) is 25.9. The minimum atomic E-state index is -0.721. The Bertz CT molecular complexity index is 685. The van der Waals surface area contributed by atoms with Gasteiger partial charge in [0.25, 0.3) is 0 Å². The first-order valence-electron chi connectivity index (χ1n) is 7.10. The van der Waals surface area contributed by atoms with Gasteiger partial charge in [-0.2, -0.15) is 0 Å². The van der Waals surface area contributed by atoms with Crippen LogP contribution in [0.25, 0.3) is 0 Å². The van der Waals surface area contributed by atoms with E-state index in [4.69, 9.17) is 23.2 Å². The molecule has 0 saturated heterocycles. The largest absolute Gasteiger partial charge is 0.330 e. The minimum Gasteiger partial charge on any atom is -0.330 e. The number of carbonyl (C=O) groups excluding carboxylic acids is 2. The van der Waals surface area contributed by atoms with Crippen molar-refractivity contribution in [1.29, 1.82) is 0 Å². The van der Waals surface area contributed by atoms with E-state index in [0.717, 1.165) is 5.56 Å². The molecule has 0 atom stereocenters. The van der Waals surface area contributed by atoms with Gasteiger partial charge in [-0.3, -0.25) is 9.59 Å². The molecule has 0 radical (unpaired) electrons. The van der Waals surface area contributed by atoms with Crippen LogP contribution >= 0.6 is 23.2 Å². The fourth-order valence-corrected chi connectivity index (χ4v) is 2.61. The average molecular weight is 351 g/mol. The van der Waals surface area contributed by atoms with Gasteiger partial charge in [-0.15, -0.1) is 0 Å². The van der Waals surface area contributed by atoms with Crippen molar-refractivity contribution in [2.75, 3.05) is 11.9 Å². The molecule has 0 spiro atoms. The maximum atomic E-state index is 12.3. The SMILES string of the molecule is CCN(Cc1ccccc1)C(=O)C(=O)Nc1cc(Cl)cc(Cl)c1. The normalized spacial score (nSPS) is 10.2. The molecule has 0 saturated carbocycles. The van der Waals surface area contributed by atoms with Gasteiger partial charge in [-0.1, -0.05) is 53.5 Å². The third-order valence-corrected chi connectivity index (χ3v) is 3.64. The van der Waals surface area contributed by atoms with Crippen LogP contribution in [-0.2, 0) is 16.1 Å². The Balaban J connectivity index is 2.06. The van der Waals surface area contributed by atoms with E-state index in [0.29, 0.717) is 28.8 Å². The van der Waals surface area contributed by atoms with Gasteiger partial charge in [0.05, 0.1) is 0 Å². The second-order valence-electron chi connectivity index (χ2n) is 4.92.